The van der Waals surface area contributed by atoms with Gasteiger partial charge in [0.05, 0.1) is 0 Å². The highest BCUT2D eigenvalue weighted by Gasteiger charge is 2.31. The smallest absolute Gasteiger partial charge is 0.290 e. The molecule has 4 nitrogen and oxygen atoms in total. The summed E-state index contributed by atoms with van der Waals surface area (Å²) in [6.45, 7) is 4.21. The number of rotatable bonds is 2. The lowest BCUT2D eigenvalue weighted by Gasteiger charge is -2.38. The van der Waals surface area contributed by atoms with E-state index in [1.807, 2.05) is 29.2 Å². The minimum absolute atomic E-state index is 0.0268. The summed E-state index contributed by atoms with van der Waals surface area (Å²) < 4.78 is 6.66. The minimum Gasteiger partial charge on any atom is -0.451 e. The Morgan fingerprint density at radius 3 is 2.57 bits per heavy atom. The molecule has 1 aromatic carbocycles. The van der Waals surface area contributed by atoms with Crippen molar-refractivity contribution in [1.82, 2.24) is 4.90 Å². The van der Waals surface area contributed by atoms with Crippen LogP contribution in [0.3, 0.4) is 0 Å². The number of nitrogen functional groups attached to an aromatic ring is 1. The van der Waals surface area contributed by atoms with Gasteiger partial charge in [0.25, 0.3) is 5.91 Å². The third-order valence-corrected chi connectivity index (χ3v) is 5.25. The van der Waals surface area contributed by atoms with Crippen LogP contribution in [0.2, 0.25) is 0 Å². The highest BCUT2D eigenvalue weighted by atomic mass is 79.9. The molecule has 1 saturated heterocycles. The van der Waals surface area contributed by atoms with E-state index < -0.39 is 0 Å². The van der Waals surface area contributed by atoms with Crippen LogP contribution in [0.1, 0.15) is 43.7 Å². The Hall–Kier alpha value is -1.75. The van der Waals surface area contributed by atoms with Gasteiger partial charge in [-0.1, -0.05) is 0 Å². The fourth-order valence-corrected chi connectivity index (χ4v) is 3.50. The minimum atomic E-state index is -0.0268. The Morgan fingerprint density at radius 2 is 1.91 bits per heavy atom. The number of benzene rings is 1. The van der Waals surface area contributed by atoms with Gasteiger partial charge in [0.2, 0.25) is 0 Å². The van der Waals surface area contributed by atoms with Crippen molar-refractivity contribution < 1.29 is 9.21 Å². The van der Waals surface area contributed by atoms with Crippen LogP contribution in [0.15, 0.2) is 39.2 Å². The molecule has 0 saturated carbocycles. The van der Waals surface area contributed by atoms with Crippen LogP contribution in [0, 0.1) is 0 Å². The van der Waals surface area contributed by atoms with Crippen molar-refractivity contribution in [1.29, 1.82) is 0 Å². The molecule has 1 aliphatic rings. The normalized spacial score (nSPS) is 21.4. The Labute approximate surface area is 144 Å². The van der Waals surface area contributed by atoms with Crippen molar-refractivity contribution in [3.8, 4) is 11.3 Å². The molecule has 2 atom stereocenters. The summed E-state index contributed by atoms with van der Waals surface area (Å²) in [7, 11) is 0. The maximum atomic E-state index is 12.8. The average Bonchev–Trinajstić information content (AvgIpc) is 2.99. The molecule has 5 heteroatoms. The van der Waals surface area contributed by atoms with Gasteiger partial charge in [-0.3, -0.25) is 4.79 Å². The van der Waals surface area contributed by atoms with Crippen LogP contribution in [0.25, 0.3) is 11.3 Å². The third kappa shape index (κ3) is 3.15. The summed E-state index contributed by atoms with van der Waals surface area (Å²) in [4.78, 5) is 14.7. The molecule has 0 spiro atoms. The number of nitrogens with two attached hydrogens (primary N) is 1. The number of carbonyl (C=O) groups excluding carboxylic acids is 1. The van der Waals surface area contributed by atoms with Crippen molar-refractivity contribution in [2.45, 2.75) is 45.2 Å². The molecular formula is C18H21BrN2O2. The van der Waals surface area contributed by atoms with Gasteiger partial charge in [0, 0.05) is 27.8 Å². The molecule has 2 heterocycles. The average molecular weight is 377 g/mol. The molecule has 0 unspecified atom stereocenters. The van der Waals surface area contributed by atoms with Crippen LogP contribution >= 0.6 is 15.9 Å². The predicted molar refractivity (Wildman–Crippen MR) is 95.2 cm³/mol. The van der Waals surface area contributed by atoms with E-state index in [1.165, 1.54) is 6.42 Å². The van der Waals surface area contributed by atoms with E-state index in [2.05, 4.69) is 29.8 Å². The Bertz CT molecular complexity index is 716. The summed E-state index contributed by atoms with van der Waals surface area (Å²) in [6.07, 6.45) is 3.27. The number of amides is 1. The standard InChI is InChI=1S/C18H21BrN2O2/c1-11-4-3-5-12(2)21(11)18(22)17-9-8-16(23-17)13-6-7-14(19)15(20)10-13/h6-12H,3-5,20H2,1-2H3/t11-,12-/m0/s1. The zero-order chi connectivity index (χ0) is 16.6. The number of furan rings is 1. The number of hydrogen-bond acceptors (Lipinski definition) is 3. The van der Waals surface area contributed by atoms with E-state index in [4.69, 9.17) is 10.2 Å². The first-order valence-electron chi connectivity index (χ1n) is 7.95. The molecule has 2 aromatic rings. The maximum Gasteiger partial charge on any atom is 0.290 e. The molecular weight excluding hydrogens is 356 g/mol. The highest BCUT2D eigenvalue weighted by molar-refractivity contribution is 9.10. The first-order valence-corrected chi connectivity index (χ1v) is 8.74. The molecule has 3 rings (SSSR count). The van der Waals surface area contributed by atoms with Crippen molar-refractivity contribution in [2.75, 3.05) is 5.73 Å². The summed E-state index contributed by atoms with van der Waals surface area (Å²) in [5, 5.41) is 0. The molecule has 1 amide bonds. The zero-order valence-electron chi connectivity index (χ0n) is 13.4. The largest absolute Gasteiger partial charge is 0.451 e. The molecule has 122 valence electrons. The second-order valence-electron chi connectivity index (χ2n) is 6.24. The second-order valence-corrected chi connectivity index (χ2v) is 7.10. The SMILES string of the molecule is C[C@H]1CCC[C@H](C)N1C(=O)c1ccc(-c2ccc(Br)c(N)c2)o1. The molecule has 0 bridgehead atoms. The van der Waals surface area contributed by atoms with Crippen LogP contribution in [-0.2, 0) is 0 Å². The number of piperidine rings is 1. The monoisotopic (exact) mass is 376 g/mol. The first kappa shape index (κ1) is 16.1. The van der Waals surface area contributed by atoms with Crippen LogP contribution < -0.4 is 5.73 Å². The lowest BCUT2D eigenvalue weighted by atomic mass is 9.97. The molecule has 0 aliphatic carbocycles. The van der Waals surface area contributed by atoms with Gasteiger partial charge < -0.3 is 15.1 Å². The number of anilines is 1. The van der Waals surface area contributed by atoms with Gasteiger partial charge in [0.15, 0.2) is 5.76 Å². The summed E-state index contributed by atoms with van der Waals surface area (Å²) in [6, 6.07) is 9.72. The predicted octanol–water partition coefficient (Wildman–Crippen LogP) is 4.69. The highest BCUT2D eigenvalue weighted by Crippen LogP contribution is 2.30. The van der Waals surface area contributed by atoms with E-state index in [0.717, 1.165) is 22.9 Å². The quantitative estimate of drug-likeness (QED) is 0.772. The van der Waals surface area contributed by atoms with Crippen LogP contribution in [0.5, 0.6) is 0 Å². The number of likely N-dealkylation sites (tertiary alicyclic amines) is 1. The van der Waals surface area contributed by atoms with Gasteiger partial charge in [-0.05, 0) is 79.4 Å². The maximum absolute atomic E-state index is 12.8. The second kappa shape index (κ2) is 6.40. The van der Waals surface area contributed by atoms with Crippen LogP contribution in [0.4, 0.5) is 5.69 Å². The zero-order valence-corrected chi connectivity index (χ0v) is 15.0. The topological polar surface area (TPSA) is 59.5 Å². The third-order valence-electron chi connectivity index (χ3n) is 4.53. The lowest BCUT2D eigenvalue weighted by Crippen LogP contribution is -2.47. The number of carbonyl (C=O) groups is 1. The Kier molecular flexibility index (Phi) is 4.48. The van der Waals surface area contributed by atoms with E-state index in [-0.39, 0.29) is 18.0 Å². The van der Waals surface area contributed by atoms with Gasteiger partial charge in [-0.15, -0.1) is 0 Å². The van der Waals surface area contributed by atoms with Gasteiger partial charge in [-0.25, -0.2) is 0 Å². The van der Waals surface area contributed by atoms with E-state index in [9.17, 15) is 4.79 Å². The number of nitrogens with zero attached hydrogens (tertiary/aromatic N) is 1. The molecule has 2 N–H and O–H groups in total. The van der Waals surface area contributed by atoms with E-state index in [1.54, 1.807) is 6.07 Å². The van der Waals surface area contributed by atoms with Gasteiger partial charge in [-0.2, -0.15) is 0 Å². The molecule has 1 aliphatic heterocycles. The summed E-state index contributed by atoms with van der Waals surface area (Å²) in [5.41, 5.74) is 7.42. The fourth-order valence-electron chi connectivity index (χ4n) is 3.25. The van der Waals surface area contributed by atoms with Gasteiger partial charge >= 0.3 is 0 Å². The number of halogens is 1. The summed E-state index contributed by atoms with van der Waals surface area (Å²) in [5.74, 6) is 1.02. The van der Waals surface area contributed by atoms with Crippen LogP contribution in [-0.4, -0.2) is 22.9 Å². The van der Waals surface area contributed by atoms with Crippen molar-refractivity contribution in [2.24, 2.45) is 0 Å². The molecule has 1 aromatic heterocycles. The molecule has 1 fully saturated rings. The van der Waals surface area contributed by atoms with Crippen molar-refractivity contribution in [3.05, 3.63) is 40.6 Å². The van der Waals surface area contributed by atoms with E-state index >= 15 is 0 Å². The lowest BCUT2D eigenvalue weighted by molar-refractivity contribution is 0.0479. The van der Waals surface area contributed by atoms with E-state index in [0.29, 0.717) is 17.2 Å². The fraction of sp³-hybridized carbons (Fsp3) is 0.389. The van der Waals surface area contributed by atoms with Crippen molar-refractivity contribution in [3.63, 3.8) is 0 Å². The van der Waals surface area contributed by atoms with Crippen molar-refractivity contribution >= 4 is 27.5 Å². The summed E-state index contributed by atoms with van der Waals surface area (Å²) >= 11 is 3.38. The molecule has 0 radical (unpaired) electrons. The Morgan fingerprint density at radius 1 is 1.22 bits per heavy atom. The molecule has 23 heavy (non-hydrogen) atoms. The first-order chi connectivity index (χ1) is 11.0. The van der Waals surface area contributed by atoms with Gasteiger partial charge in [0.1, 0.15) is 5.76 Å². The number of hydrogen-bond donors (Lipinski definition) is 1. The Balaban J connectivity index is 1.86.